The van der Waals surface area contributed by atoms with Gasteiger partial charge in [0.15, 0.2) is 0 Å². The van der Waals surface area contributed by atoms with Crippen LogP contribution >= 0.6 is 0 Å². The Balaban J connectivity index is 1.01. The molecule has 51 heavy (non-hydrogen) atoms. The molecule has 4 aromatic rings. The minimum atomic E-state index is -0.486. The third kappa shape index (κ3) is 9.20. The number of rotatable bonds is 14. The van der Waals surface area contributed by atoms with E-state index in [0.717, 1.165) is 55.5 Å². The Morgan fingerprint density at radius 1 is 0.882 bits per heavy atom. The van der Waals surface area contributed by atoms with Crippen molar-refractivity contribution in [2.75, 3.05) is 39.3 Å². The van der Waals surface area contributed by atoms with E-state index in [0.29, 0.717) is 34.9 Å². The Morgan fingerprint density at radius 3 is 2.25 bits per heavy atom. The van der Waals surface area contributed by atoms with Gasteiger partial charge in [0.25, 0.3) is 5.91 Å². The standard InChI is InChI=1S/C41H43N3O7/c1-2-44(39(46)33-15-11-29(27-45)12-16-33)23-24-49-40(47)34-17-13-30(14-18-34)28-50-36-10-6-9-35(25-36)38(32-7-4-3-5-8-32)42-41(48)51-37-26-43-21-19-31(37)20-22-43/h3-18,25,27,31,37-38H,2,19-24,26,28H2,1H3,(H,42,48)/t37-,38-/m0/s1. The number of esters is 1. The predicted molar refractivity (Wildman–Crippen MR) is 192 cm³/mol. The molecule has 10 nitrogen and oxygen atoms in total. The van der Waals surface area contributed by atoms with Gasteiger partial charge in [0, 0.05) is 24.2 Å². The van der Waals surface area contributed by atoms with E-state index >= 15 is 0 Å². The second-order valence-electron chi connectivity index (χ2n) is 12.9. The average molecular weight is 690 g/mol. The van der Waals surface area contributed by atoms with Gasteiger partial charge < -0.3 is 24.4 Å². The summed E-state index contributed by atoms with van der Waals surface area (Å²) in [6, 6.07) is 30.4. The zero-order valence-corrected chi connectivity index (χ0v) is 28.7. The highest BCUT2D eigenvalue weighted by atomic mass is 16.6. The first-order chi connectivity index (χ1) is 24.9. The predicted octanol–water partition coefficient (Wildman–Crippen LogP) is 6.31. The first-order valence-electron chi connectivity index (χ1n) is 17.5. The van der Waals surface area contributed by atoms with Crippen LogP contribution in [0.5, 0.6) is 5.75 Å². The molecular weight excluding hydrogens is 646 g/mol. The summed E-state index contributed by atoms with van der Waals surface area (Å²) in [5.74, 6) is 0.372. The van der Waals surface area contributed by atoms with E-state index in [1.165, 1.54) is 0 Å². The van der Waals surface area contributed by atoms with Gasteiger partial charge in [0.05, 0.1) is 18.2 Å². The fourth-order valence-corrected chi connectivity index (χ4v) is 6.65. The van der Waals surface area contributed by atoms with Crippen LogP contribution in [-0.4, -0.2) is 79.5 Å². The molecule has 2 atom stereocenters. The Hall–Kier alpha value is -5.48. The van der Waals surface area contributed by atoms with Gasteiger partial charge in [-0.2, -0.15) is 0 Å². The van der Waals surface area contributed by atoms with Gasteiger partial charge in [-0.3, -0.25) is 14.5 Å². The smallest absolute Gasteiger partial charge is 0.408 e. The van der Waals surface area contributed by atoms with Crippen LogP contribution in [0.3, 0.4) is 0 Å². The van der Waals surface area contributed by atoms with Gasteiger partial charge >= 0.3 is 12.1 Å². The molecule has 3 heterocycles. The fourth-order valence-electron chi connectivity index (χ4n) is 6.65. The molecule has 2 bridgehead atoms. The lowest BCUT2D eigenvalue weighted by molar-refractivity contribution is -0.0336. The Morgan fingerprint density at radius 2 is 1.59 bits per heavy atom. The number of hydrogen-bond donors (Lipinski definition) is 1. The number of ether oxygens (including phenoxy) is 3. The normalized spacial score (nSPS) is 18.3. The van der Waals surface area contributed by atoms with Crippen molar-refractivity contribution in [3.05, 3.63) is 137 Å². The summed E-state index contributed by atoms with van der Waals surface area (Å²) in [4.78, 5) is 53.6. The van der Waals surface area contributed by atoms with Crippen LogP contribution in [0.1, 0.15) is 73.6 Å². The molecule has 4 aromatic carbocycles. The van der Waals surface area contributed by atoms with E-state index in [2.05, 4.69) is 10.2 Å². The van der Waals surface area contributed by atoms with Crippen LogP contribution in [-0.2, 0) is 16.1 Å². The highest BCUT2D eigenvalue weighted by Gasteiger charge is 2.37. The average Bonchev–Trinajstić information content (AvgIpc) is 3.18. The van der Waals surface area contributed by atoms with E-state index in [4.69, 9.17) is 14.2 Å². The number of aldehydes is 1. The number of piperidine rings is 3. The zero-order valence-electron chi connectivity index (χ0n) is 28.7. The molecule has 7 rings (SSSR count). The van der Waals surface area contributed by atoms with E-state index in [1.807, 2.05) is 73.7 Å². The van der Waals surface area contributed by atoms with Gasteiger partial charge in [-0.05, 0) is 91.9 Å². The third-order valence-electron chi connectivity index (χ3n) is 9.59. The van der Waals surface area contributed by atoms with Gasteiger partial charge in [0.1, 0.15) is 31.4 Å². The number of nitrogens with zero attached hydrogens (tertiary/aromatic N) is 2. The highest BCUT2D eigenvalue weighted by molar-refractivity contribution is 5.95. The molecule has 0 aromatic heterocycles. The summed E-state index contributed by atoms with van der Waals surface area (Å²) in [5.41, 5.74) is 4.00. The van der Waals surface area contributed by atoms with Crippen molar-refractivity contribution < 1.29 is 33.4 Å². The number of alkyl carbamates (subject to hydrolysis) is 1. The highest BCUT2D eigenvalue weighted by Crippen LogP contribution is 2.31. The van der Waals surface area contributed by atoms with Crippen LogP contribution in [0, 0.1) is 5.92 Å². The second kappa shape index (κ2) is 17.0. The van der Waals surface area contributed by atoms with Crippen molar-refractivity contribution in [2.45, 2.75) is 38.5 Å². The molecule has 264 valence electrons. The van der Waals surface area contributed by atoms with Crippen LogP contribution in [0.15, 0.2) is 103 Å². The van der Waals surface area contributed by atoms with Crippen molar-refractivity contribution >= 4 is 24.3 Å². The van der Waals surface area contributed by atoms with Crippen molar-refractivity contribution in [3.63, 3.8) is 0 Å². The molecule has 3 aliphatic heterocycles. The summed E-state index contributed by atoms with van der Waals surface area (Å²) in [5, 5.41) is 3.11. The largest absolute Gasteiger partial charge is 0.489 e. The number of benzene rings is 4. The molecular formula is C41H43N3O7. The third-order valence-corrected chi connectivity index (χ3v) is 9.59. The molecule has 0 radical (unpaired) electrons. The number of nitrogens with one attached hydrogen (secondary N) is 1. The van der Waals surface area contributed by atoms with Crippen LogP contribution in [0.2, 0.25) is 0 Å². The topological polar surface area (TPSA) is 114 Å². The lowest BCUT2D eigenvalue weighted by Crippen LogP contribution is -2.52. The maximum absolute atomic E-state index is 13.2. The fraction of sp³-hybridized carbons (Fsp3) is 0.317. The second-order valence-corrected chi connectivity index (χ2v) is 12.9. The summed E-state index contributed by atoms with van der Waals surface area (Å²) >= 11 is 0. The molecule has 0 unspecified atom stereocenters. The van der Waals surface area contributed by atoms with Crippen LogP contribution < -0.4 is 10.1 Å². The first kappa shape index (κ1) is 35.3. The first-order valence-corrected chi connectivity index (χ1v) is 17.5. The molecule has 3 aliphatic rings. The van der Waals surface area contributed by atoms with Gasteiger partial charge in [-0.25, -0.2) is 9.59 Å². The monoisotopic (exact) mass is 689 g/mol. The van der Waals surface area contributed by atoms with E-state index in [9.17, 15) is 19.2 Å². The van der Waals surface area contributed by atoms with Crippen LogP contribution in [0.25, 0.3) is 0 Å². The summed E-state index contributed by atoms with van der Waals surface area (Å²) < 4.78 is 17.5. The van der Waals surface area contributed by atoms with Crippen molar-refractivity contribution in [2.24, 2.45) is 5.92 Å². The molecule has 3 saturated heterocycles. The van der Waals surface area contributed by atoms with Crippen molar-refractivity contribution in [3.8, 4) is 5.75 Å². The van der Waals surface area contributed by atoms with E-state index in [1.54, 1.807) is 41.3 Å². The van der Waals surface area contributed by atoms with Gasteiger partial charge in [-0.15, -0.1) is 0 Å². The summed E-state index contributed by atoms with van der Waals surface area (Å²) in [6.45, 7) is 5.79. The molecule has 2 amide bonds. The zero-order chi connectivity index (χ0) is 35.6. The summed E-state index contributed by atoms with van der Waals surface area (Å²) in [7, 11) is 0. The molecule has 0 spiro atoms. The Bertz CT molecular complexity index is 1790. The lowest BCUT2D eigenvalue weighted by Gasteiger charge is -2.43. The molecule has 3 fully saturated rings. The minimum absolute atomic E-state index is 0.0439. The molecule has 1 N–H and O–H groups in total. The number of carbonyl (C=O) groups excluding carboxylic acids is 4. The summed E-state index contributed by atoms with van der Waals surface area (Å²) in [6.07, 6.45) is 2.34. The number of amides is 2. The number of carbonyl (C=O) groups is 4. The van der Waals surface area contributed by atoms with Crippen LogP contribution in [0.4, 0.5) is 4.79 Å². The molecule has 0 aliphatic carbocycles. The van der Waals surface area contributed by atoms with Crippen molar-refractivity contribution in [1.82, 2.24) is 15.1 Å². The Labute approximate surface area is 298 Å². The maximum atomic E-state index is 13.2. The minimum Gasteiger partial charge on any atom is -0.489 e. The Kier molecular flexibility index (Phi) is 11.8. The van der Waals surface area contributed by atoms with Gasteiger partial charge in [-0.1, -0.05) is 66.7 Å². The van der Waals surface area contributed by atoms with E-state index < -0.39 is 18.1 Å². The number of hydrogen-bond acceptors (Lipinski definition) is 8. The SMILES string of the molecule is CCN(CCOC(=O)c1ccc(COc2cccc([C@@H](NC(=O)O[C@H]3CN4CCC3CC4)c3ccccc3)c2)cc1)C(=O)c1ccc(C=O)cc1. The number of fused-ring (bicyclic) bond motifs is 3. The maximum Gasteiger partial charge on any atom is 0.408 e. The molecule has 10 heteroatoms. The van der Waals surface area contributed by atoms with Gasteiger partial charge in [0.2, 0.25) is 0 Å². The molecule has 0 saturated carbocycles. The quantitative estimate of drug-likeness (QED) is 0.121. The lowest BCUT2D eigenvalue weighted by atomic mass is 9.86. The number of likely N-dealkylation sites (N-methyl/N-ethyl adjacent to an activating group) is 1. The van der Waals surface area contributed by atoms with Crippen molar-refractivity contribution in [1.29, 1.82) is 0 Å². The van der Waals surface area contributed by atoms with E-state index in [-0.39, 0.29) is 31.8 Å².